The molecule has 0 unspecified atom stereocenters. The van der Waals surface area contributed by atoms with Crippen LogP contribution >= 0.6 is 15.9 Å². The molecule has 0 radical (unpaired) electrons. The Balaban J connectivity index is 2.88. The smallest absolute Gasteiger partial charge is 0.145 e. The third-order valence-corrected chi connectivity index (χ3v) is 2.12. The first-order valence-corrected chi connectivity index (χ1v) is 4.81. The van der Waals surface area contributed by atoms with Gasteiger partial charge >= 0.3 is 0 Å². The van der Waals surface area contributed by atoms with Gasteiger partial charge < -0.3 is 10.5 Å². The van der Waals surface area contributed by atoms with E-state index in [-0.39, 0.29) is 5.82 Å². The molecule has 0 fully saturated rings. The van der Waals surface area contributed by atoms with Crippen molar-refractivity contribution in [1.29, 1.82) is 0 Å². The Morgan fingerprint density at radius 1 is 1.54 bits per heavy atom. The van der Waals surface area contributed by atoms with Crippen molar-refractivity contribution in [3.8, 4) is 5.75 Å². The van der Waals surface area contributed by atoms with Crippen molar-refractivity contribution < 1.29 is 9.13 Å². The van der Waals surface area contributed by atoms with Crippen LogP contribution in [0.1, 0.15) is 13.3 Å². The minimum atomic E-state index is -0.361. The van der Waals surface area contributed by atoms with Gasteiger partial charge in [-0.3, -0.25) is 0 Å². The molecule has 0 aliphatic rings. The molecule has 0 spiro atoms. The zero-order valence-electron chi connectivity index (χ0n) is 7.31. The zero-order chi connectivity index (χ0) is 9.84. The van der Waals surface area contributed by atoms with Gasteiger partial charge in [0.05, 0.1) is 16.8 Å². The summed E-state index contributed by atoms with van der Waals surface area (Å²) >= 11 is 3.04. The van der Waals surface area contributed by atoms with Gasteiger partial charge in [0.1, 0.15) is 11.6 Å². The molecule has 4 heteroatoms. The predicted octanol–water partition coefficient (Wildman–Crippen LogP) is 2.96. The number of nitrogens with two attached hydrogens (primary N) is 1. The molecule has 0 saturated carbocycles. The number of hydrogen-bond acceptors (Lipinski definition) is 2. The first kappa shape index (κ1) is 10.3. The highest BCUT2D eigenvalue weighted by atomic mass is 79.9. The van der Waals surface area contributed by atoms with E-state index >= 15 is 0 Å². The molecule has 2 N–H and O–H groups in total. The van der Waals surface area contributed by atoms with Gasteiger partial charge in [0.25, 0.3) is 0 Å². The predicted molar refractivity (Wildman–Crippen MR) is 54.3 cm³/mol. The summed E-state index contributed by atoms with van der Waals surface area (Å²) in [5.74, 6) is 0.0443. The van der Waals surface area contributed by atoms with Gasteiger partial charge in [-0.15, -0.1) is 0 Å². The van der Waals surface area contributed by atoms with E-state index in [4.69, 9.17) is 10.5 Å². The fourth-order valence-electron chi connectivity index (χ4n) is 0.881. The van der Waals surface area contributed by atoms with Crippen LogP contribution in [0.5, 0.6) is 5.75 Å². The van der Waals surface area contributed by atoms with Gasteiger partial charge in [-0.25, -0.2) is 4.39 Å². The minimum absolute atomic E-state index is 0.355. The van der Waals surface area contributed by atoms with Gasteiger partial charge in [0, 0.05) is 6.07 Å². The Morgan fingerprint density at radius 3 is 2.85 bits per heavy atom. The van der Waals surface area contributed by atoms with Gasteiger partial charge in [0.2, 0.25) is 0 Å². The van der Waals surface area contributed by atoms with E-state index in [0.29, 0.717) is 22.5 Å². The molecule has 1 aromatic rings. The Morgan fingerprint density at radius 2 is 2.23 bits per heavy atom. The molecule has 0 aromatic heterocycles. The van der Waals surface area contributed by atoms with Crippen LogP contribution in [0.15, 0.2) is 16.6 Å². The molecular weight excluding hydrogens is 237 g/mol. The minimum Gasteiger partial charge on any atom is -0.491 e. The van der Waals surface area contributed by atoms with Crippen LogP contribution in [-0.2, 0) is 0 Å². The largest absolute Gasteiger partial charge is 0.491 e. The summed E-state index contributed by atoms with van der Waals surface area (Å²) in [6.45, 7) is 2.52. The number of nitrogen functional groups attached to an aromatic ring is 1. The SMILES string of the molecule is CCCOc1cc(F)c(Br)cc1N. The van der Waals surface area contributed by atoms with Crippen LogP contribution in [0.4, 0.5) is 10.1 Å². The van der Waals surface area contributed by atoms with E-state index in [9.17, 15) is 4.39 Å². The van der Waals surface area contributed by atoms with E-state index < -0.39 is 0 Å². The maximum atomic E-state index is 13.0. The molecule has 72 valence electrons. The normalized spacial score (nSPS) is 10.1. The molecule has 0 saturated heterocycles. The molecule has 13 heavy (non-hydrogen) atoms. The number of hydrogen-bond donors (Lipinski definition) is 1. The fraction of sp³-hybridized carbons (Fsp3) is 0.333. The van der Waals surface area contributed by atoms with Crippen molar-refractivity contribution in [2.24, 2.45) is 0 Å². The zero-order valence-corrected chi connectivity index (χ0v) is 8.90. The lowest BCUT2D eigenvalue weighted by atomic mass is 10.3. The molecule has 0 aliphatic heterocycles. The standard InChI is InChI=1S/C9H11BrFNO/c1-2-3-13-9-5-7(11)6(10)4-8(9)12/h4-5H,2-3,12H2,1H3. The monoisotopic (exact) mass is 247 g/mol. The molecule has 0 heterocycles. The molecule has 2 nitrogen and oxygen atoms in total. The third-order valence-electron chi connectivity index (χ3n) is 1.51. The van der Waals surface area contributed by atoms with Crippen molar-refractivity contribution in [2.45, 2.75) is 13.3 Å². The summed E-state index contributed by atoms with van der Waals surface area (Å²) in [6.07, 6.45) is 0.872. The van der Waals surface area contributed by atoms with Crippen molar-refractivity contribution in [2.75, 3.05) is 12.3 Å². The Bertz CT molecular complexity index is 304. The average Bonchev–Trinajstić information content (AvgIpc) is 2.09. The number of ether oxygens (including phenoxy) is 1. The summed E-state index contributed by atoms with van der Waals surface area (Å²) in [5, 5.41) is 0. The van der Waals surface area contributed by atoms with E-state index in [2.05, 4.69) is 15.9 Å². The second-order valence-corrected chi connectivity index (χ2v) is 3.51. The molecule has 1 rings (SSSR count). The van der Waals surface area contributed by atoms with Crippen LogP contribution in [0.25, 0.3) is 0 Å². The highest BCUT2D eigenvalue weighted by molar-refractivity contribution is 9.10. The fourth-order valence-corrected chi connectivity index (χ4v) is 1.24. The summed E-state index contributed by atoms with van der Waals surface area (Å²) in [4.78, 5) is 0. The lowest BCUT2D eigenvalue weighted by molar-refractivity contribution is 0.317. The van der Waals surface area contributed by atoms with E-state index in [1.54, 1.807) is 0 Å². The van der Waals surface area contributed by atoms with Crippen LogP contribution in [0, 0.1) is 5.82 Å². The van der Waals surface area contributed by atoms with E-state index in [1.807, 2.05) is 6.92 Å². The number of anilines is 1. The van der Waals surface area contributed by atoms with E-state index in [0.717, 1.165) is 6.42 Å². The Labute approximate surface area is 85.0 Å². The third kappa shape index (κ3) is 2.59. The maximum absolute atomic E-state index is 13.0. The lowest BCUT2D eigenvalue weighted by Gasteiger charge is -2.08. The van der Waals surface area contributed by atoms with Crippen LogP contribution < -0.4 is 10.5 Å². The second-order valence-electron chi connectivity index (χ2n) is 2.65. The molecule has 0 atom stereocenters. The summed E-state index contributed by atoms with van der Waals surface area (Å²) in [5.41, 5.74) is 6.06. The van der Waals surface area contributed by atoms with Crippen molar-refractivity contribution in [3.63, 3.8) is 0 Å². The average molecular weight is 248 g/mol. The molecule has 0 aliphatic carbocycles. The van der Waals surface area contributed by atoms with Crippen molar-refractivity contribution >= 4 is 21.6 Å². The molecule has 0 bridgehead atoms. The number of benzene rings is 1. The molecular formula is C9H11BrFNO. The quantitative estimate of drug-likeness (QED) is 0.834. The van der Waals surface area contributed by atoms with Crippen molar-refractivity contribution in [1.82, 2.24) is 0 Å². The Kier molecular flexibility index (Phi) is 3.54. The van der Waals surface area contributed by atoms with Gasteiger partial charge in [0.15, 0.2) is 0 Å². The maximum Gasteiger partial charge on any atom is 0.145 e. The number of halogens is 2. The summed E-state index contributed by atoms with van der Waals surface area (Å²) in [7, 11) is 0. The highest BCUT2D eigenvalue weighted by Gasteiger charge is 2.06. The van der Waals surface area contributed by atoms with Gasteiger partial charge in [-0.05, 0) is 28.4 Å². The van der Waals surface area contributed by atoms with Gasteiger partial charge in [-0.2, -0.15) is 0 Å². The lowest BCUT2D eigenvalue weighted by Crippen LogP contribution is -1.99. The van der Waals surface area contributed by atoms with Crippen molar-refractivity contribution in [3.05, 3.63) is 22.4 Å². The van der Waals surface area contributed by atoms with Crippen LogP contribution in [0.3, 0.4) is 0 Å². The van der Waals surface area contributed by atoms with Crippen LogP contribution in [0.2, 0.25) is 0 Å². The summed E-state index contributed by atoms with van der Waals surface area (Å²) in [6, 6.07) is 2.79. The van der Waals surface area contributed by atoms with E-state index in [1.165, 1.54) is 12.1 Å². The van der Waals surface area contributed by atoms with Gasteiger partial charge in [-0.1, -0.05) is 6.92 Å². The highest BCUT2D eigenvalue weighted by Crippen LogP contribution is 2.28. The first-order valence-electron chi connectivity index (χ1n) is 4.02. The molecule has 0 amide bonds. The number of rotatable bonds is 3. The molecule has 1 aromatic carbocycles. The second kappa shape index (κ2) is 4.46. The summed E-state index contributed by atoms with van der Waals surface area (Å²) < 4.78 is 18.6. The van der Waals surface area contributed by atoms with Crippen LogP contribution in [-0.4, -0.2) is 6.61 Å². The first-order chi connectivity index (χ1) is 6.15. The Hall–Kier alpha value is -0.770. The topological polar surface area (TPSA) is 35.2 Å².